The molecule has 0 saturated heterocycles. The Morgan fingerprint density at radius 3 is 2.35 bits per heavy atom. The molecule has 3 aromatic rings. The van der Waals surface area contributed by atoms with Crippen molar-refractivity contribution in [2.75, 3.05) is 13.9 Å². The molecule has 1 heterocycles. The number of phenols is 2. The molecule has 0 fully saturated rings. The van der Waals surface area contributed by atoms with Gasteiger partial charge in [-0.25, -0.2) is 0 Å². The molecule has 1 atom stereocenters. The van der Waals surface area contributed by atoms with E-state index in [4.69, 9.17) is 14.3 Å². The number of fused-ring (bicyclic) bond motifs is 1. The molecule has 0 radical (unpaired) electrons. The van der Waals surface area contributed by atoms with E-state index in [2.05, 4.69) is 5.16 Å². The van der Waals surface area contributed by atoms with Gasteiger partial charge < -0.3 is 24.5 Å². The minimum atomic E-state index is -0.355. The van der Waals surface area contributed by atoms with E-state index in [1.165, 1.54) is 13.2 Å². The third-order valence-corrected chi connectivity index (χ3v) is 5.37. The highest BCUT2D eigenvalue weighted by Gasteiger charge is 2.28. The predicted octanol–water partition coefficient (Wildman–Crippen LogP) is 5.13. The number of phenolic OH excluding ortho intramolecular Hbond substituents is 2. The van der Waals surface area contributed by atoms with Gasteiger partial charge in [0.2, 0.25) is 6.79 Å². The predicted molar refractivity (Wildman–Crippen MR) is 118 cm³/mol. The van der Waals surface area contributed by atoms with E-state index in [1.807, 2.05) is 62.4 Å². The van der Waals surface area contributed by atoms with E-state index < -0.39 is 0 Å². The standard InChI is InChI=1S/C25H25NO5/c1-15(2)18-12-19(21(28)13-20(18)27)25(26-29-3)24(16-7-5-4-6-8-16)17-9-10-22-23(11-17)31-14-30-22/h4-13,15,24,27-28H,14H2,1-3H3/b26-25-. The fraction of sp³-hybridized carbons (Fsp3) is 0.240. The van der Waals surface area contributed by atoms with Gasteiger partial charge in [0.1, 0.15) is 24.3 Å². The Kier molecular flexibility index (Phi) is 5.71. The van der Waals surface area contributed by atoms with Crippen LogP contribution in [0, 0.1) is 0 Å². The van der Waals surface area contributed by atoms with Crippen molar-refractivity contribution in [1.29, 1.82) is 0 Å². The summed E-state index contributed by atoms with van der Waals surface area (Å²) >= 11 is 0. The molecule has 0 aliphatic carbocycles. The van der Waals surface area contributed by atoms with Crippen LogP contribution in [0.5, 0.6) is 23.0 Å². The van der Waals surface area contributed by atoms with Crippen LogP contribution in [0.25, 0.3) is 0 Å². The summed E-state index contributed by atoms with van der Waals surface area (Å²) in [5.74, 6) is 1.03. The number of aromatic hydroxyl groups is 2. The van der Waals surface area contributed by atoms with Gasteiger partial charge in [0.15, 0.2) is 11.5 Å². The number of benzene rings is 3. The van der Waals surface area contributed by atoms with E-state index in [0.717, 1.165) is 11.1 Å². The van der Waals surface area contributed by atoms with Crippen molar-refractivity contribution < 1.29 is 24.5 Å². The number of nitrogens with zero attached hydrogens (tertiary/aromatic N) is 1. The lowest BCUT2D eigenvalue weighted by Gasteiger charge is -2.22. The highest BCUT2D eigenvalue weighted by molar-refractivity contribution is 6.09. The van der Waals surface area contributed by atoms with E-state index in [1.54, 1.807) is 6.07 Å². The smallest absolute Gasteiger partial charge is 0.231 e. The summed E-state index contributed by atoms with van der Waals surface area (Å²) in [6.07, 6.45) is 0. The van der Waals surface area contributed by atoms with Crippen LogP contribution >= 0.6 is 0 Å². The summed E-state index contributed by atoms with van der Waals surface area (Å²) in [5.41, 5.74) is 3.61. The van der Waals surface area contributed by atoms with Crippen molar-refractivity contribution >= 4 is 5.71 Å². The van der Waals surface area contributed by atoms with E-state index in [-0.39, 0.29) is 30.1 Å². The first-order valence-electron chi connectivity index (χ1n) is 10.1. The Labute approximate surface area is 181 Å². The van der Waals surface area contributed by atoms with Crippen LogP contribution in [0.1, 0.15) is 47.9 Å². The van der Waals surface area contributed by atoms with E-state index in [0.29, 0.717) is 28.3 Å². The van der Waals surface area contributed by atoms with Gasteiger partial charge in [-0.2, -0.15) is 0 Å². The van der Waals surface area contributed by atoms with Gasteiger partial charge in [-0.3, -0.25) is 0 Å². The first-order valence-corrected chi connectivity index (χ1v) is 10.1. The second kappa shape index (κ2) is 8.60. The molecule has 160 valence electrons. The minimum Gasteiger partial charge on any atom is -0.508 e. The molecule has 6 nitrogen and oxygen atoms in total. The summed E-state index contributed by atoms with van der Waals surface area (Å²) in [7, 11) is 1.47. The van der Waals surface area contributed by atoms with Gasteiger partial charge in [-0.1, -0.05) is 55.4 Å². The average molecular weight is 419 g/mol. The van der Waals surface area contributed by atoms with Gasteiger partial charge >= 0.3 is 0 Å². The maximum atomic E-state index is 10.8. The summed E-state index contributed by atoms with van der Waals surface area (Å²) in [6.45, 7) is 4.15. The second-order valence-electron chi connectivity index (χ2n) is 7.70. The molecule has 4 rings (SSSR count). The highest BCUT2D eigenvalue weighted by atomic mass is 16.7. The monoisotopic (exact) mass is 419 g/mol. The minimum absolute atomic E-state index is 0.0485. The molecular weight excluding hydrogens is 394 g/mol. The number of hydrogen-bond donors (Lipinski definition) is 2. The average Bonchev–Trinajstić information content (AvgIpc) is 3.22. The second-order valence-corrected chi connectivity index (χ2v) is 7.70. The van der Waals surface area contributed by atoms with Crippen molar-refractivity contribution in [3.8, 4) is 23.0 Å². The highest BCUT2D eigenvalue weighted by Crippen LogP contribution is 2.40. The number of rotatable bonds is 6. The van der Waals surface area contributed by atoms with Crippen molar-refractivity contribution in [2.24, 2.45) is 5.16 Å². The number of hydrogen-bond acceptors (Lipinski definition) is 6. The van der Waals surface area contributed by atoms with Gasteiger partial charge in [-0.15, -0.1) is 0 Å². The third kappa shape index (κ3) is 4.01. The Balaban J connectivity index is 1.92. The molecule has 1 unspecified atom stereocenters. The number of ether oxygens (including phenoxy) is 2. The van der Waals surface area contributed by atoms with Crippen LogP contribution in [0.4, 0.5) is 0 Å². The van der Waals surface area contributed by atoms with E-state index >= 15 is 0 Å². The van der Waals surface area contributed by atoms with Gasteiger partial charge in [-0.05, 0) is 40.8 Å². The SMILES string of the molecule is CO/N=C(/c1cc(C(C)C)c(O)cc1O)C(c1ccccc1)c1ccc2c(c1)OCO2. The summed E-state index contributed by atoms with van der Waals surface area (Å²) < 4.78 is 11.0. The van der Waals surface area contributed by atoms with Crippen molar-refractivity contribution in [3.05, 3.63) is 82.9 Å². The zero-order valence-corrected chi connectivity index (χ0v) is 17.7. The molecule has 3 aromatic carbocycles. The maximum absolute atomic E-state index is 10.8. The fourth-order valence-corrected chi connectivity index (χ4v) is 3.86. The van der Waals surface area contributed by atoms with Crippen LogP contribution in [-0.4, -0.2) is 29.8 Å². The first kappa shape index (κ1) is 20.6. The van der Waals surface area contributed by atoms with Crippen LogP contribution in [0.3, 0.4) is 0 Å². The summed E-state index contributed by atoms with van der Waals surface area (Å²) in [5, 5.41) is 25.4. The Hall–Kier alpha value is -3.67. The van der Waals surface area contributed by atoms with E-state index in [9.17, 15) is 10.2 Å². The van der Waals surface area contributed by atoms with Crippen LogP contribution < -0.4 is 9.47 Å². The first-order chi connectivity index (χ1) is 15.0. The molecule has 0 amide bonds. The van der Waals surface area contributed by atoms with Crippen molar-refractivity contribution in [3.63, 3.8) is 0 Å². The molecule has 0 bridgehead atoms. The normalized spacial score (nSPS) is 14.0. The topological polar surface area (TPSA) is 80.5 Å². The van der Waals surface area contributed by atoms with Gasteiger partial charge in [0.25, 0.3) is 0 Å². The van der Waals surface area contributed by atoms with Crippen LogP contribution in [-0.2, 0) is 4.84 Å². The van der Waals surface area contributed by atoms with Gasteiger partial charge in [0, 0.05) is 11.6 Å². The summed E-state index contributed by atoms with van der Waals surface area (Å²) in [6, 6.07) is 18.7. The van der Waals surface area contributed by atoms with Crippen LogP contribution in [0.15, 0.2) is 65.8 Å². The van der Waals surface area contributed by atoms with Gasteiger partial charge in [0.05, 0.1) is 5.92 Å². The Morgan fingerprint density at radius 2 is 1.65 bits per heavy atom. The molecule has 1 aliphatic rings. The summed E-state index contributed by atoms with van der Waals surface area (Å²) in [4.78, 5) is 5.22. The zero-order valence-electron chi connectivity index (χ0n) is 17.7. The lowest BCUT2D eigenvalue weighted by Crippen LogP contribution is -2.17. The van der Waals surface area contributed by atoms with Crippen molar-refractivity contribution in [2.45, 2.75) is 25.7 Å². The lowest BCUT2D eigenvalue weighted by molar-refractivity contribution is 0.174. The van der Waals surface area contributed by atoms with Crippen molar-refractivity contribution in [1.82, 2.24) is 0 Å². The third-order valence-electron chi connectivity index (χ3n) is 5.37. The lowest BCUT2D eigenvalue weighted by atomic mass is 9.83. The molecule has 6 heteroatoms. The molecule has 31 heavy (non-hydrogen) atoms. The Morgan fingerprint density at radius 1 is 0.903 bits per heavy atom. The molecular formula is C25H25NO5. The maximum Gasteiger partial charge on any atom is 0.231 e. The largest absolute Gasteiger partial charge is 0.508 e. The molecule has 0 spiro atoms. The Bertz CT molecular complexity index is 1110. The quantitative estimate of drug-likeness (QED) is 0.428. The molecule has 1 aliphatic heterocycles. The molecule has 0 saturated carbocycles. The molecule has 0 aromatic heterocycles. The zero-order chi connectivity index (χ0) is 22.0. The van der Waals surface area contributed by atoms with Crippen LogP contribution in [0.2, 0.25) is 0 Å². The number of oxime groups is 1. The molecule has 2 N–H and O–H groups in total. The fourth-order valence-electron chi connectivity index (χ4n) is 3.86.